The van der Waals surface area contributed by atoms with Gasteiger partial charge in [0.1, 0.15) is 11.5 Å². The predicted molar refractivity (Wildman–Crippen MR) is 178 cm³/mol. The maximum atomic E-state index is 5.90. The van der Waals surface area contributed by atoms with Gasteiger partial charge in [-0.25, -0.2) is 0 Å². The molecule has 1 heterocycles. The first kappa shape index (κ1) is 31.4. The highest BCUT2D eigenvalue weighted by atomic mass is 16.5. The number of benzene rings is 4. The third kappa shape index (κ3) is 9.23. The van der Waals surface area contributed by atoms with Crippen LogP contribution in [-0.2, 0) is 35.8 Å². The number of nitrogens with zero attached hydrogens (tertiary/aromatic N) is 3. The van der Waals surface area contributed by atoms with Gasteiger partial charge >= 0.3 is 0 Å². The van der Waals surface area contributed by atoms with Crippen molar-refractivity contribution in [2.75, 3.05) is 70.5 Å². The summed E-state index contributed by atoms with van der Waals surface area (Å²) in [5, 5.41) is 0. The average molecular weight is 596 g/mol. The minimum Gasteiger partial charge on any atom is -0.497 e. The van der Waals surface area contributed by atoms with Crippen molar-refractivity contribution in [3.05, 3.63) is 119 Å². The van der Waals surface area contributed by atoms with Gasteiger partial charge in [-0.15, -0.1) is 0 Å². The summed E-state index contributed by atoms with van der Waals surface area (Å²) in [6, 6.07) is 34.0. The minimum atomic E-state index is 0.539. The molecule has 7 nitrogen and oxygen atoms in total. The number of anilines is 2. The first-order valence-corrected chi connectivity index (χ1v) is 15.4. The second-order valence-electron chi connectivity index (χ2n) is 11.3. The van der Waals surface area contributed by atoms with Gasteiger partial charge in [0.05, 0.1) is 40.6 Å². The van der Waals surface area contributed by atoms with Gasteiger partial charge in [-0.3, -0.25) is 0 Å². The first-order valence-electron chi connectivity index (χ1n) is 15.4. The van der Waals surface area contributed by atoms with Crippen LogP contribution in [0, 0.1) is 0 Å². The van der Waals surface area contributed by atoms with Crippen molar-refractivity contribution in [3.63, 3.8) is 0 Å². The van der Waals surface area contributed by atoms with E-state index in [4.69, 9.17) is 18.9 Å². The average Bonchev–Trinajstić information content (AvgIpc) is 3.07. The van der Waals surface area contributed by atoms with Crippen LogP contribution in [-0.4, -0.2) is 65.6 Å². The summed E-state index contributed by atoms with van der Waals surface area (Å²) in [6.07, 6.45) is 0. The quantitative estimate of drug-likeness (QED) is 0.148. The van der Waals surface area contributed by atoms with Crippen molar-refractivity contribution in [1.29, 1.82) is 0 Å². The molecule has 4 aromatic carbocycles. The molecule has 0 bridgehead atoms. The molecule has 0 amide bonds. The second-order valence-corrected chi connectivity index (χ2v) is 11.3. The fourth-order valence-electron chi connectivity index (χ4n) is 5.39. The fourth-order valence-corrected chi connectivity index (χ4v) is 5.39. The van der Waals surface area contributed by atoms with Crippen LogP contribution in [0.4, 0.5) is 11.4 Å². The number of hydrogen-bond donors (Lipinski definition) is 0. The van der Waals surface area contributed by atoms with Gasteiger partial charge in [-0.1, -0.05) is 48.5 Å². The Morgan fingerprint density at radius 3 is 1.77 bits per heavy atom. The molecule has 1 fully saturated rings. The summed E-state index contributed by atoms with van der Waals surface area (Å²) in [5.74, 6) is 1.71. The van der Waals surface area contributed by atoms with Crippen LogP contribution in [0.15, 0.2) is 97.1 Å². The molecular weight excluding hydrogens is 550 g/mol. The zero-order valence-electron chi connectivity index (χ0n) is 26.3. The predicted octanol–water partition coefficient (Wildman–Crippen LogP) is 6.40. The van der Waals surface area contributed by atoms with E-state index in [0.717, 1.165) is 61.9 Å². The number of piperazine rings is 1. The van der Waals surface area contributed by atoms with Crippen molar-refractivity contribution >= 4 is 11.4 Å². The van der Waals surface area contributed by atoms with E-state index in [-0.39, 0.29) is 0 Å². The van der Waals surface area contributed by atoms with Crippen LogP contribution in [0.5, 0.6) is 11.5 Å². The van der Waals surface area contributed by atoms with E-state index in [1.54, 1.807) is 14.2 Å². The number of methoxy groups -OCH3 is 2. The molecule has 1 saturated heterocycles. The maximum Gasteiger partial charge on any atom is 0.119 e. The highest BCUT2D eigenvalue weighted by Gasteiger charge is 2.15. The summed E-state index contributed by atoms with van der Waals surface area (Å²) < 4.78 is 22.5. The molecule has 4 aromatic rings. The summed E-state index contributed by atoms with van der Waals surface area (Å²) >= 11 is 0. The van der Waals surface area contributed by atoms with Gasteiger partial charge in [0.25, 0.3) is 0 Å². The maximum absolute atomic E-state index is 5.90. The zero-order valence-corrected chi connectivity index (χ0v) is 26.3. The van der Waals surface area contributed by atoms with Crippen molar-refractivity contribution in [2.24, 2.45) is 0 Å². The molecule has 1 aliphatic rings. The standard InChI is InChI=1S/C37H45N3O4/c1-38-18-20-39(21-19-38)34-14-10-30(11-15-34)26-40(27-32-6-4-8-36(24-32)41-2)35-16-12-31(13-17-35)28-43-22-23-44-29-33-7-5-9-37(25-33)42-3/h4-17,24-25H,18-23,26-29H2,1-3H3. The molecule has 1 aliphatic heterocycles. The zero-order chi connectivity index (χ0) is 30.6. The second kappa shape index (κ2) is 16.1. The van der Waals surface area contributed by atoms with Gasteiger partial charge in [-0.05, 0) is 77.8 Å². The van der Waals surface area contributed by atoms with Crippen molar-refractivity contribution in [3.8, 4) is 11.5 Å². The Morgan fingerprint density at radius 2 is 1.14 bits per heavy atom. The van der Waals surface area contributed by atoms with E-state index in [2.05, 4.69) is 88.5 Å². The highest BCUT2D eigenvalue weighted by Crippen LogP contribution is 2.25. The number of ether oxygens (including phenoxy) is 4. The van der Waals surface area contributed by atoms with E-state index in [1.165, 1.54) is 22.5 Å². The normalized spacial score (nSPS) is 13.6. The van der Waals surface area contributed by atoms with Gasteiger partial charge in [0.15, 0.2) is 0 Å². The van der Waals surface area contributed by atoms with E-state index in [0.29, 0.717) is 26.4 Å². The molecule has 5 rings (SSSR count). The van der Waals surface area contributed by atoms with Crippen molar-refractivity contribution in [2.45, 2.75) is 26.3 Å². The van der Waals surface area contributed by atoms with E-state index < -0.39 is 0 Å². The third-order valence-electron chi connectivity index (χ3n) is 8.03. The van der Waals surface area contributed by atoms with Crippen molar-refractivity contribution in [1.82, 2.24) is 4.90 Å². The molecule has 0 aliphatic carbocycles. The summed E-state index contributed by atoms with van der Waals surface area (Å²) in [7, 11) is 5.58. The Kier molecular flexibility index (Phi) is 11.5. The summed E-state index contributed by atoms with van der Waals surface area (Å²) in [5.41, 5.74) is 7.19. The molecule has 0 atom stereocenters. The highest BCUT2D eigenvalue weighted by molar-refractivity contribution is 5.52. The molecule has 0 spiro atoms. The lowest BCUT2D eigenvalue weighted by Gasteiger charge is -2.34. The Balaban J connectivity index is 1.17. The number of rotatable bonds is 15. The van der Waals surface area contributed by atoms with E-state index in [9.17, 15) is 0 Å². The topological polar surface area (TPSA) is 46.6 Å². The molecule has 44 heavy (non-hydrogen) atoms. The number of likely N-dealkylation sites (N-methyl/N-ethyl adjacent to an activating group) is 1. The smallest absolute Gasteiger partial charge is 0.119 e. The summed E-state index contributed by atoms with van der Waals surface area (Å²) in [4.78, 5) is 7.28. The number of hydrogen-bond acceptors (Lipinski definition) is 7. The van der Waals surface area contributed by atoms with Gasteiger partial charge in [0, 0.05) is 50.6 Å². The van der Waals surface area contributed by atoms with Crippen LogP contribution in [0.1, 0.15) is 22.3 Å². The Bertz CT molecular complexity index is 1420. The molecule has 7 heteroatoms. The molecular formula is C37H45N3O4. The van der Waals surface area contributed by atoms with Gasteiger partial charge < -0.3 is 33.6 Å². The van der Waals surface area contributed by atoms with Gasteiger partial charge in [-0.2, -0.15) is 0 Å². The Morgan fingerprint density at radius 1 is 0.591 bits per heavy atom. The minimum absolute atomic E-state index is 0.539. The van der Waals surface area contributed by atoms with Crippen LogP contribution in [0.2, 0.25) is 0 Å². The van der Waals surface area contributed by atoms with Crippen molar-refractivity contribution < 1.29 is 18.9 Å². The first-order chi connectivity index (χ1) is 21.6. The van der Waals surface area contributed by atoms with Crippen LogP contribution in [0.3, 0.4) is 0 Å². The lowest BCUT2D eigenvalue weighted by Crippen LogP contribution is -2.44. The largest absolute Gasteiger partial charge is 0.497 e. The lowest BCUT2D eigenvalue weighted by molar-refractivity contribution is 0.0338. The molecule has 0 saturated carbocycles. The summed E-state index contributed by atoms with van der Waals surface area (Å²) in [6.45, 7) is 8.11. The van der Waals surface area contributed by atoms with Crippen LogP contribution in [0.25, 0.3) is 0 Å². The fraction of sp³-hybridized carbons (Fsp3) is 0.351. The van der Waals surface area contributed by atoms with E-state index in [1.807, 2.05) is 30.3 Å². The monoisotopic (exact) mass is 595 g/mol. The van der Waals surface area contributed by atoms with Crippen LogP contribution < -0.4 is 19.3 Å². The molecule has 0 aromatic heterocycles. The molecule has 0 radical (unpaired) electrons. The van der Waals surface area contributed by atoms with E-state index >= 15 is 0 Å². The lowest BCUT2D eigenvalue weighted by atomic mass is 10.1. The molecule has 232 valence electrons. The SMILES string of the molecule is COc1cccc(COCCOCc2ccc(N(Cc3ccc(N4CCN(C)CC4)cc3)Cc3cccc(OC)c3)cc2)c1. The third-order valence-corrected chi connectivity index (χ3v) is 8.03. The van der Waals surface area contributed by atoms with Gasteiger partial charge in [0.2, 0.25) is 0 Å². The van der Waals surface area contributed by atoms with Crippen LogP contribution >= 0.6 is 0 Å². The molecule has 0 unspecified atom stereocenters. The Hall–Kier alpha value is -4.04. The Labute approximate surface area is 262 Å². The molecule has 0 N–H and O–H groups in total.